The lowest BCUT2D eigenvalue weighted by atomic mass is 10.00. The minimum atomic E-state index is 0.0417. The quantitative estimate of drug-likeness (QED) is 0.663. The zero-order valence-corrected chi connectivity index (χ0v) is 12.7. The summed E-state index contributed by atoms with van der Waals surface area (Å²) < 4.78 is 4.94. The number of nitrogens with zero attached hydrogens (tertiary/aromatic N) is 1. The largest absolute Gasteiger partial charge is 0.379 e. The van der Waals surface area contributed by atoms with E-state index in [2.05, 4.69) is 6.92 Å². The molecular weight excluding hydrogens is 214 g/mol. The summed E-state index contributed by atoms with van der Waals surface area (Å²) in [4.78, 5) is 12.0. The second kappa shape index (κ2) is 10.6. The molecule has 1 heterocycles. The molecule has 1 amide bonds. The van der Waals surface area contributed by atoms with Crippen LogP contribution in [0.15, 0.2) is 0 Å². The Morgan fingerprint density at radius 3 is 1.76 bits per heavy atom. The zero-order valence-electron chi connectivity index (χ0n) is 12.7. The molecule has 0 unspecified atom stereocenters. The average Bonchev–Trinajstić information content (AvgIpc) is 2.33. The van der Waals surface area contributed by atoms with E-state index in [1.807, 2.05) is 39.5 Å². The van der Waals surface area contributed by atoms with Crippen molar-refractivity contribution < 1.29 is 9.53 Å². The lowest BCUT2D eigenvalue weighted by Gasteiger charge is -2.26. The number of likely N-dealkylation sites (tertiary alicyclic amines) is 1. The molecule has 1 aliphatic heterocycles. The number of hydrogen-bond acceptors (Lipinski definition) is 2. The highest BCUT2D eigenvalue weighted by Crippen LogP contribution is 2.13. The van der Waals surface area contributed by atoms with Crippen molar-refractivity contribution in [2.45, 2.75) is 60.0 Å². The number of amides is 1. The molecule has 0 saturated carbocycles. The van der Waals surface area contributed by atoms with Crippen molar-refractivity contribution in [2.75, 3.05) is 20.2 Å². The second-order valence-corrected chi connectivity index (χ2v) is 5.14. The van der Waals surface area contributed by atoms with Gasteiger partial charge in [0.05, 0.1) is 5.60 Å². The van der Waals surface area contributed by atoms with Crippen molar-refractivity contribution in [1.82, 2.24) is 4.90 Å². The van der Waals surface area contributed by atoms with Crippen LogP contribution in [0.1, 0.15) is 54.4 Å². The molecule has 0 radical (unpaired) electrons. The zero-order chi connectivity index (χ0) is 13.9. The molecule has 1 aliphatic rings. The van der Waals surface area contributed by atoms with Crippen molar-refractivity contribution in [3.63, 3.8) is 0 Å². The third kappa shape index (κ3) is 13.4. The number of methoxy groups -OCH3 is 1. The van der Waals surface area contributed by atoms with Crippen LogP contribution in [-0.4, -0.2) is 37.1 Å². The van der Waals surface area contributed by atoms with Crippen LogP contribution in [0.25, 0.3) is 0 Å². The van der Waals surface area contributed by atoms with Gasteiger partial charge in [0.2, 0.25) is 6.41 Å². The van der Waals surface area contributed by atoms with E-state index in [-0.39, 0.29) is 5.60 Å². The highest BCUT2D eigenvalue weighted by atomic mass is 16.5. The Balaban J connectivity index is 0. The van der Waals surface area contributed by atoms with Gasteiger partial charge in [0, 0.05) is 20.2 Å². The van der Waals surface area contributed by atoms with Crippen LogP contribution < -0.4 is 0 Å². The van der Waals surface area contributed by atoms with Gasteiger partial charge in [-0.1, -0.05) is 20.8 Å². The molecule has 0 aliphatic carbocycles. The van der Waals surface area contributed by atoms with Crippen molar-refractivity contribution in [3.05, 3.63) is 0 Å². The first-order valence-electron chi connectivity index (χ1n) is 6.63. The van der Waals surface area contributed by atoms with Crippen molar-refractivity contribution in [1.29, 1.82) is 0 Å². The van der Waals surface area contributed by atoms with E-state index in [0.29, 0.717) is 0 Å². The maximum atomic E-state index is 10.2. The minimum Gasteiger partial charge on any atom is -0.379 e. The molecule has 17 heavy (non-hydrogen) atoms. The molecule has 3 nitrogen and oxygen atoms in total. The minimum absolute atomic E-state index is 0.0417. The third-order valence-electron chi connectivity index (χ3n) is 2.58. The van der Waals surface area contributed by atoms with Gasteiger partial charge in [-0.25, -0.2) is 0 Å². The van der Waals surface area contributed by atoms with Crippen LogP contribution in [0.5, 0.6) is 0 Å². The second-order valence-electron chi connectivity index (χ2n) is 5.14. The first-order chi connectivity index (χ1) is 7.89. The molecule has 0 spiro atoms. The number of rotatable bonds is 1. The van der Waals surface area contributed by atoms with Crippen LogP contribution in [0, 0.1) is 5.92 Å². The Labute approximate surface area is 108 Å². The average molecular weight is 245 g/mol. The predicted molar refractivity (Wildman–Crippen MR) is 74.1 cm³/mol. The van der Waals surface area contributed by atoms with Gasteiger partial charge in [0.25, 0.3) is 0 Å². The Hall–Kier alpha value is -0.570. The topological polar surface area (TPSA) is 29.5 Å². The van der Waals surface area contributed by atoms with E-state index in [9.17, 15) is 4.79 Å². The Morgan fingerprint density at radius 2 is 1.53 bits per heavy atom. The summed E-state index contributed by atoms with van der Waals surface area (Å²) in [6, 6.07) is 0. The number of piperidine rings is 1. The van der Waals surface area contributed by atoms with E-state index in [1.165, 1.54) is 12.8 Å². The first-order valence-corrected chi connectivity index (χ1v) is 6.63. The number of carbonyl (C=O) groups is 1. The lowest BCUT2D eigenvalue weighted by Crippen LogP contribution is -2.31. The van der Waals surface area contributed by atoms with Crippen LogP contribution in [0.4, 0.5) is 0 Å². The van der Waals surface area contributed by atoms with Gasteiger partial charge < -0.3 is 9.64 Å². The fraction of sp³-hybridized carbons (Fsp3) is 0.929. The maximum absolute atomic E-state index is 10.2. The molecule has 0 bridgehead atoms. The molecule has 104 valence electrons. The Bertz CT molecular complexity index is 168. The number of hydrogen-bond donors (Lipinski definition) is 0. The van der Waals surface area contributed by atoms with Crippen LogP contribution in [-0.2, 0) is 9.53 Å². The Kier molecular flexibility index (Phi) is 11.7. The number of ether oxygens (including phenoxy) is 1. The van der Waals surface area contributed by atoms with Gasteiger partial charge in [0.1, 0.15) is 0 Å². The van der Waals surface area contributed by atoms with Gasteiger partial charge in [-0.15, -0.1) is 0 Å². The van der Waals surface area contributed by atoms with Gasteiger partial charge in [-0.3, -0.25) is 4.79 Å². The first kappa shape index (κ1) is 18.8. The summed E-state index contributed by atoms with van der Waals surface area (Å²) in [5.41, 5.74) is 0.0417. The van der Waals surface area contributed by atoms with Gasteiger partial charge >= 0.3 is 0 Å². The molecule has 0 aromatic rings. The van der Waals surface area contributed by atoms with E-state index in [4.69, 9.17) is 4.74 Å². The molecule has 1 saturated heterocycles. The molecule has 0 aromatic heterocycles. The summed E-state index contributed by atoms with van der Waals surface area (Å²) in [6.07, 6.45) is 3.31. The molecular formula is C14H31NO2. The van der Waals surface area contributed by atoms with Crippen LogP contribution in [0.3, 0.4) is 0 Å². The maximum Gasteiger partial charge on any atom is 0.209 e. The fourth-order valence-electron chi connectivity index (χ4n) is 1.13. The Morgan fingerprint density at radius 1 is 1.18 bits per heavy atom. The molecule has 3 heteroatoms. The van der Waals surface area contributed by atoms with Crippen LogP contribution in [0.2, 0.25) is 0 Å². The van der Waals surface area contributed by atoms with Gasteiger partial charge in [-0.05, 0) is 39.5 Å². The SMILES string of the molecule is CC.CC1CCN(C=O)CC1.COC(C)(C)C. The molecule has 0 N–H and O–H groups in total. The third-order valence-corrected chi connectivity index (χ3v) is 2.58. The van der Waals surface area contributed by atoms with E-state index in [0.717, 1.165) is 25.4 Å². The highest BCUT2D eigenvalue weighted by Gasteiger charge is 2.12. The fourth-order valence-corrected chi connectivity index (χ4v) is 1.13. The highest BCUT2D eigenvalue weighted by molar-refractivity contribution is 5.46. The molecule has 1 rings (SSSR count). The molecule has 0 aromatic carbocycles. The molecule has 0 atom stereocenters. The van der Waals surface area contributed by atoms with Crippen molar-refractivity contribution in [2.24, 2.45) is 5.92 Å². The smallest absolute Gasteiger partial charge is 0.209 e. The predicted octanol–water partition coefficient (Wildman–Crippen LogP) is 3.33. The summed E-state index contributed by atoms with van der Waals surface area (Å²) in [5.74, 6) is 0.821. The van der Waals surface area contributed by atoms with Gasteiger partial charge in [-0.2, -0.15) is 0 Å². The van der Waals surface area contributed by atoms with Crippen molar-refractivity contribution in [3.8, 4) is 0 Å². The van der Waals surface area contributed by atoms with E-state index in [1.54, 1.807) is 7.11 Å². The van der Waals surface area contributed by atoms with Gasteiger partial charge in [0.15, 0.2) is 0 Å². The van der Waals surface area contributed by atoms with Crippen LogP contribution >= 0.6 is 0 Å². The normalized spacial score (nSPS) is 16.3. The van der Waals surface area contributed by atoms with E-state index < -0.39 is 0 Å². The summed E-state index contributed by atoms with van der Waals surface area (Å²) >= 11 is 0. The van der Waals surface area contributed by atoms with E-state index >= 15 is 0 Å². The van der Waals surface area contributed by atoms with Crippen molar-refractivity contribution >= 4 is 6.41 Å². The lowest BCUT2D eigenvalue weighted by molar-refractivity contribution is -0.119. The number of carbonyl (C=O) groups excluding carboxylic acids is 1. The summed E-state index contributed by atoms with van der Waals surface area (Å²) in [5, 5.41) is 0. The summed E-state index contributed by atoms with van der Waals surface area (Å²) in [7, 11) is 1.71. The molecule has 1 fully saturated rings. The summed E-state index contributed by atoms with van der Waals surface area (Å²) in [6.45, 7) is 14.2. The standard InChI is InChI=1S/C7H13NO.C5H12O.C2H6/c1-7-2-4-8(6-9)5-3-7;1-5(2,3)6-4;1-2/h6-7H,2-5H2,1H3;1-4H3;1-2H3. The monoisotopic (exact) mass is 245 g/mol.